The van der Waals surface area contributed by atoms with Crippen molar-refractivity contribution >= 4 is 22.4 Å². The van der Waals surface area contributed by atoms with E-state index in [1.54, 1.807) is 0 Å². The molecule has 4 heterocycles. The van der Waals surface area contributed by atoms with Crippen molar-refractivity contribution in [2.75, 3.05) is 44.2 Å². The Balaban J connectivity index is 1.31. The summed E-state index contributed by atoms with van der Waals surface area (Å²) >= 11 is 0. The predicted octanol–water partition coefficient (Wildman–Crippen LogP) is 1.90. The number of likely N-dealkylation sites (tertiary alicyclic amines) is 2. The molecule has 2 saturated heterocycles. The molecule has 25 heavy (non-hydrogen) atoms. The number of aromatic nitrogens is 1. The van der Waals surface area contributed by atoms with Crippen molar-refractivity contribution in [1.29, 1.82) is 0 Å². The van der Waals surface area contributed by atoms with E-state index in [9.17, 15) is 4.79 Å². The molecule has 5 rings (SSSR count). The second kappa shape index (κ2) is 5.99. The molecule has 1 atom stereocenters. The molecule has 1 unspecified atom stereocenters. The molecule has 2 fully saturated rings. The van der Waals surface area contributed by atoms with Crippen molar-refractivity contribution < 1.29 is 4.79 Å². The standard InChI is InChI=1S/C20H24N4O/c25-19-6-8-23(19)11-10-22-7-5-17(14-22)24-9-4-16-13-21-12-15-2-1-3-18(24)20(15)16/h1-3,12-13,17H,4-11,14H2. The highest BCUT2D eigenvalue weighted by atomic mass is 16.2. The summed E-state index contributed by atoms with van der Waals surface area (Å²) in [6, 6.07) is 7.18. The number of rotatable bonds is 4. The number of anilines is 1. The van der Waals surface area contributed by atoms with Crippen molar-refractivity contribution in [2.24, 2.45) is 0 Å². The molecule has 5 nitrogen and oxygen atoms in total. The van der Waals surface area contributed by atoms with Crippen LogP contribution in [-0.4, -0.2) is 66.0 Å². The Bertz CT molecular complexity index is 815. The van der Waals surface area contributed by atoms with Crippen LogP contribution in [0.1, 0.15) is 18.4 Å². The van der Waals surface area contributed by atoms with Crippen molar-refractivity contribution in [1.82, 2.24) is 14.8 Å². The Labute approximate surface area is 148 Å². The normalized spacial score (nSPS) is 23.4. The van der Waals surface area contributed by atoms with Crippen LogP contribution in [0.5, 0.6) is 0 Å². The van der Waals surface area contributed by atoms with Gasteiger partial charge in [-0.25, -0.2) is 0 Å². The first-order valence-corrected chi connectivity index (χ1v) is 9.42. The summed E-state index contributed by atoms with van der Waals surface area (Å²) in [6.07, 6.45) is 7.06. The maximum absolute atomic E-state index is 11.5. The zero-order chi connectivity index (χ0) is 16.8. The highest BCUT2D eigenvalue weighted by Crippen LogP contribution is 2.36. The molecule has 0 N–H and O–H groups in total. The van der Waals surface area contributed by atoms with Gasteiger partial charge in [-0.1, -0.05) is 12.1 Å². The summed E-state index contributed by atoms with van der Waals surface area (Å²) in [4.78, 5) is 23.0. The third-order valence-electron chi connectivity index (χ3n) is 6.09. The smallest absolute Gasteiger partial charge is 0.224 e. The average molecular weight is 336 g/mol. The van der Waals surface area contributed by atoms with E-state index in [4.69, 9.17) is 0 Å². The van der Waals surface area contributed by atoms with Crippen LogP contribution in [-0.2, 0) is 11.2 Å². The number of benzene rings is 1. The van der Waals surface area contributed by atoms with E-state index in [1.165, 1.54) is 28.4 Å². The molecule has 3 aliphatic heterocycles. The fraction of sp³-hybridized carbons (Fsp3) is 0.500. The van der Waals surface area contributed by atoms with Crippen LogP contribution in [0.2, 0.25) is 0 Å². The molecule has 0 bridgehead atoms. The minimum absolute atomic E-state index is 0.323. The predicted molar refractivity (Wildman–Crippen MR) is 98.8 cm³/mol. The van der Waals surface area contributed by atoms with E-state index >= 15 is 0 Å². The van der Waals surface area contributed by atoms with Gasteiger partial charge in [0.25, 0.3) is 0 Å². The lowest BCUT2D eigenvalue weighted by Crippen LogP contribution is -2.47. The van der Waals surface area contributed by atoms with Gasteiger partial charge in [-0.2, -0.15) is 0 Å². The molecular formula is C20H24N4O. The first-order chi connectivity index (χ1) is 12.3. The molecule has 1 aromatic carbocycles. The van der Waals surface area contributed by atoms with Crippen LogP contribution in [0.4, 0.5) is 5.69 Å². The molecule has 3 aliphatic rings. The first kappa shape index (κ1) is 15.1. The lowest BCUT2D eigenvalue weighted by atomic mass is 9.97. The van der Waals surface area contributed by atoms with Gasteiger partial charge in [0.1, 0.15) is 0 Å². The largest absolute Gasteiger partial charge is 0.366 e. The van der Waals surface area contributed by atoms with Crippen LogP contribution in [0.3, 0.4) is 0 Å². The van der Waals surface area contributed by atoms with Crippen LogP contribution in [0.25, 0.3) is 10.8 Å². The highest BCUT2D eigenvalue weighted by molar-refractivity contribution is 5.97. The van der Waals surface area contributed by atoms with E-state index in [0.717, 1.165) is 52.1 Å². The third kappa shape index (κ3) is 2.58. The van der Waals surface area contributed by atoms with E-state index < -0.39 is 0 Å². The number of pyridine rings is 1. The van der Waals surface area contributed by atoms with Crippen LogP contribution >= 0.6 is 0 Å². The number of hydrogen-bond acceptors (Lipinski definition) is 4. The molecule has 1 amide bonds. The van der Waals surface area contributed by atoms with Gasteiger partial charge in [0, 0.05) is 80.6 Å². The summed E-state index contributed by atoms with van der Waals surface area (Å²) in [5, 5.41) is 2.65. The Morgan fingerprint density at radius 1 is 1.08 bits per heavy atom. The number of hydrogen-bond donors (Lipinski definition) is 0. The van der Waals surface area contributed by atoms with Gasteiger partial charge in [0.15, 0.2) is 0 Å². The van der Waals surface area contributed by atoms with E-state index in [1.807, 2.05) is 17.3 Å². The van der Waals surface area contributed by atoms with Gasteiger partial charge in [-0.15, -0.1) is 0 Å². The van der Waals surface area contributed by atoms with Crippen LogP contribution < -0.4 is 4.90 Å². The SMILES string of the molecule is O=C1CCN1CCN1CCC(N2CCc3cncc4cccc2c34)C1. The number of nitrogens with zero attached hydrogens (tertiary/aromatic N) is 4. The van der Waals surface area contributed by atoms with Gasteiger partial charge in [0.05, 0.1) is 0 Å². The average Bonchev–Trinajstić information content (AvgIpc) is 3.10. The summed E-state index contributed by atoms with van der Waals surface area (Å²) in [7, 11) is 0. The maximum Gasteiger partial charge on any atom is 0.224 e. The Morgan fingerprint density at radius 2 is 2.04 bits per heavy atom. The minimum atomic E-state index is 0.323. The molecule has 1 aromatic heterocycles. The molecule has 2 aromatic rings. The zero-order valence-corrected chi connectivity index (χ0v) is 14.5. The van der Waals surface area contributed by atoms with E-state index in [-0.39, 0.29) is 0 Å². The van der Waals surface area contributed by atoms with Crippen molar-refractivity contribution in [3.05, 3.63) is 36.2 Å². The molecule has 0 spiro atoms. The molecule has 0 aliphatic carbocycles. The third-order valence-corrected chi connectivity index (χ3v) is 6.09. The topological polar surface area (TPSA) is 39.7 Å². The number of carbonyl (C=O) groups excluding carboxylic acids is 1. The van der Waals surface area contributed by atoms with Gasteiger partial charge >= 0.3 is 0 Å². The second-order valence-corrected chi connectivity index (χ2v) is 7.49. The highest BCUT2D eigenvalue weighted by Gasteiger charge is 2.31. The molecule has 0 radical (unpaired) electrons. The number of amides is 1. The van der Waals surface area contributed by atoms with Gasteiger partial charge in [-0.05, 0) is 24.5 Å². The van der Waals surface area contributed by atoms with Crippen LogP contribution in [0.15, 0.2) is 30.6 Å². The summed E-state index contributed by atoms with van der Waals surface area (Å²) in [5.41, 5.74) is 2.77. The molecule has 130 valence electrons. The fourth-order valence-corrected chi connectivity index (χ4v) is 4.59. The molecule has 5 heteroatoms. The Kier molecular flexibility index (Phi) is 3.63. The monoisotopic (exact) mass is 336 g/mol. The van der Waals surface area contributed by atoms with Crippen molar-refractivity contribution in [2.45, 2.75) is 25.3 Å². The van der Waals surface area contributed by atoms with Crippen LogP contribution in [0, 0.1) is 0 Å². The molecular weight excluding hydrogens is 312 g/mol. The lowest BCUT2D eigenvalue weighted by molar-refractivity contribution is -0.139. The summed E-state index contributed by atoms with van der Waals surface area (Å²) in [5.74, 6) is 0.323. The summed E-state index contributed by atoms with van der Waals surface area (Å²) in [6.45, 7) is 6.20. The minimum Gasteiger partial charge on any atom is -0.366 e. The van der Waals surface area contributed by atoms with Gasteiger partial charge in [-0.3, -0.25) is 14.7 Å². The number of β-lactam (4-membered cyclic amide) rings is 1. The van der Waals surface area contributed by atoms with Gasteiger partial charge in [0.2, 0.25) is 5.91 Å². The number of carbonyl (C=O) groups is 1. The second-order valence-electron chi connectivity index (χ2n) is 7.49. The van der Waals surface area contributed by atoms with Gasteiger partial charge < -0.3 is 9.80 Å². The van der Waals surface area contributed by atoms with Crippen molar-refractivity contribution in [3.8, 4) is 0 Å². The maximum atomic E-state index is 11.5. The quantitative estimate of drug-likeness (QED) is 0.800. The Morgan fingerprint density at radius 3 is 2.88 bits per heavy atom. The summed E-state index contributed by atoms with van der Waals surface area (Å²) < 4.78 is 0. The Hall–Kier alpha value is -2.14. The van der Waals surface area contributed by atoms with E-state index in [0.29, 0.717) is 11.9 Å². The van der Waals surface area contributed by atoms with E-state index in [2.05, 4.69) is 33.0 Å². The first-order valence-electron chi connectivity index (χ1n) is 9.42. The lowest BCUT2D eigenvalue weighted by Gasteiger charge is -2.36. The molecule has 0 saturated carbocycles. The zero-order valence-electron chi connectivity index (χ0n) is 14.5. The fourth-order valence-electron chi connectivity index (χ4n) is 4.59. The van der Waals surface area contributed by atoms with Crippen molar-refractivity contribution in [3.63, 3.8) is 0 Å².